The Bertz CT molecular complexity index is 1100. The summed E-state index contributed by atoms with van der Waals surface area (Å²) in [6, 6.07) is 16.4. The highest BCUT2D eigenvalue weighted by Crippen LogP contribution is 2.41. The van der Waals surface area contributed by atoms with Gasteiger partial charge < -0.3 is 15.4 Å². The number of anilines is 1. The van der Waals surface area contributed by atoms with Crippen molar-refractivity contribution in [3.63, 3.8) is 0 Å². The minimum absolute atomic E-state index is 0.00898. The maximum atomic E-state index is 13.0. The molecule has 0 saturated carbocycles. The van der Waals surface area contributed by atoms with Crippen LogP contribution in [0.2, 0.25) is 0 Å². The van der Waals surface area contributed by atoms with Gasteiger partial charge in [-0.25, -0.2) is 0 Å². The molecule has 1 unspecified atom stereocenters. The lowest BCUT2D eigenvalue weighted by atomic mass is 10.00. The molecule has 1 atom stereocenters. The second-order valence-corrected chi connectivity index (χ2v) is 9.56. The highest BCUT2D eigenvalue weighted by molar-refractivity contribution is 9.10. The Morgan fingerprint density at radius 3 is 2.80 bits per heavy atom. The number of thiophene rings is 1. The van der Waals surface area contributed by atoms with Crippen molar-refractivity contribution < 1.29 is 9.53 Å². The summed E-state index contributed by atoms with van der Waals surface area (Å²) in [5.41, 5.74) is 4.35. The van der Waals surface area contributed by atoms with Crippen molar-refractivity contribution >= 4 is 38.2 Å². The summed E-state index contributed by atoms with van der Waals surface area (Å²) in [6.07, 6.45) is 0.648. The molecule has 1 amide bonds. The van der Waals surface area contributed by atoms with Crippen molar-refractivity contribution in [2.75, 3.05) is 19.0 Å². The fraction of sp³-hybridized carbons (Fsp3) is 0.261. The average molecular weight is 484 g/mol. The molecule has 2 aliphatic heterocycles. The van der Waals surface area contributed by atoms with Gasteiger partial charge in [-0.15, -0.1) is 11.3 Å². The van der Waals surface area contributed by atoms with E-state index < -0.39 is 0 Å². The van der Waals surface area contributed by atoms with E-state index in [4.69, 9.17) is 4.74 Å². The molecule has 3 heterocycles. The second kappa shape index (κ2) is 8.06. The predicted molar refractivity (Wildman–Crippen MR) is 123 cm³/mol. The third-order valence-corrected chi connectivity index (χ3v) is 7.44. The quantitative estimate of drug-likeness (QED) is 0.552. The molecule has 2 aliphatic rings. The second-order valence-electron chi connectivity index (χ2n) is 7.60. The number of rotatable bonds is 4. The lowest BCUT2D eigenvalue weighted by Crippen LogP contribution is -2.38. The summed E-state index contributed by atoms with van der Waals surface area (Å²) in [6.45, 7) is 2.79. The van der Waals surface area contributed by atoms with Crippen LogP contribution in [0.5, 0.6) is 5.75 Å². The third kappa shape index (κ3) is 3.62. The normalized spacial score (nSPS) is 18.2. The molecule has 1 aromatic heterocycles. The van der Waals surface area contributed by atoms with Crippen LogP contribution in [-0.4, -0.2) is 24.5 Å². The molecular weight excluding hydrogens is 462 g/mol. The van der Waals surface area contributed by atoms with Gasteiger partial charge in [-0.2, -0.15) is 0 Å². The number of hydrogen-bond donors (Lipinski definition) is 2. The summed E-state index contributed by atoms with van der Waals surface area (Å²) >= 11 is 5.25. The van der Waals surface area contributed by atoms with E-state index in [-0.39, 0.29) is 12.1 Å². The van der Waals surface area contributed by atoms with Crippen LogP contribution in [0.1, 0.15) is 38.1 Å². The van der Waals surface area contributed by atoms with Gasteiger partial charge in [0.25, 0.3) is 5.91 Å². The number of hydrogen-bond acceptors (Lipinski definition) is 5. The van der Waals surface area contributed by atoms with Crippen LogP contribution in [0.4, 0.5) is 5.00 Å². The van der Waals surface area contributed by atoms with Crippen LogP contribution < -0.4 is 15.4 Å². The van der Waals surface area contributed by atoms with Gasteiger partial charge in [0.2, 0.25) is 0 Å². The fourth-order valence-electron chi connectivity index (χ4n) is 4.17. The van der Waals surface area contributed by atoms with Crippen molar-refractivity contribution in [1.29, 1.82) is 0 Å². The molecule has 0 aliphatic carbocycles. The maximum Gasteiger partial charge on any atom is 0.256 e. The Morgan fingerprint density at radius 1 is 1.20 bits per heavy atom. The summed E-state index contributed by atoms with van der Waals surface area (Å²) in [5.74, 6) is 0.779. The van der Waals surface area contributed by atoms with Gasteiger partial charge in [-0.05, 0) is 51.2 Å². The molecule has 3 aromatic rings. The molecule has 5 rings (SSSR count). The molecule has 0 fully saturated rings. The van der Waals surface area contributed by atoms with E-state index in [0.29, 0.717) is 0 Å². The van der Waals surface area contributed by atoms with Gasteiger partial charge in [-0.1, -0.05) is 36.4 Å². The van der Waals surface area contributed by atoms with Crippen LogP contribution in [0.3, 0.4) is 0 Å². The van der Waals surface area contributed by atoms with E-state index in [2.05, 4.69) is 55.7 Å². The largest absolute Gasteiger partial charge is 0.496 e. The van der Waals surface area contributed by atoms with Crippen LogP contribution in [0, 0.1) is 0 Å². The Kier molecular flexibility index (Phi) is 5.26. The molecule has 2 N–H and O–H groups in total. The van der Waals surface area contributed by atoms with Crippen molar-refractivity contribution in [1.82, 2.24) is 10.2 Å². The number of methoxy groups -OCH3 is 1. The van der Waals surface area contributed by atoms with E-state index in [1.807, 2.05) is 24.3 Å². The minimum Gasteiger partial charge on any atom is -0.496 e. The summed E-state index contributed by atoms with van der Waals surface area (Å²) in [4.78, 5) is 16.7. The molecule has 0 radical (unpaired) electrons. The fourth-order valence-corrected chi connectivity index (χ4v) is 6.05. The Morgan fingerprint density at radius 2 is 2.03 bits per heavy atom. The molecule has 30 heavy (non-hydrogen) atoms. The smallest absolute Gasteiger partial charge is 0.256 e. The number of fused-ring (bicyclic) bond motifs is 3. The highest BCUT2D eigenvalue weighted by atomic mass is 79.9. The molecule has 0 bridgehead atoms. The molecular formula is C23H22BrN3O2S. The number of carbonyl (C=O) groups is 1. The number of carbonyl (C=O) groups excluding carboxylic acids is 1. The monoisotopic (exact) mass is 483 g/mol. The number of benzene rings is 2. The zero-order chi connectivity index (χ0) is 20.7. The number of ether oxygens (including phenoxy) is 1. The highest BCUT2D eigenvalue weighted by Gasteiger charge is 2.33. The lowest BCUT2D eigenvalue weighted by Gasteiger charge is -2.28. The zero-order valence-corrected chi connectivity index (χ0v) is 19.0. The van der Waals surface area contributed by atoms with Crippen LogP contribution in [0.25, 0.3) is 0 Å². The number of halogens is 1. The van der Waals surface area contributed by atoms with E-state index >= 15 is 0 Å². The van der Waals surface area contributed by atoms with Gasteiger partial charge in [0.1, 0.15) is 16.9 Å². The Labute approximate surface area is 188 Å². The standard InChI is InChI=1S/C23H22BrN3O2S/c1-29-18-8-7-15(11-17(18)24)21-25-22(28)20-16-9-10-27(12-14-5-3-2-4-6-14)13-19(16)30-23(20)26-21/h2-8,11,21,26H,9-10,12-13H2,1H3,(H,25,28). The number of nitrogens with zero attached hydrogens (tertiary/aromatic N) is 1. The Hall–Kier alpha value is -2.35. The zero-order valence-electron chi connectivity index (χ0n) is 16.6. The van der Waals surface area contributed by atoms with Crippen molar-refractivity contribution in [2.45, 2.75) is 25.7 Å². The Balaban J connectivity index is 1.37. The van der Waals surface area contributed by atoms with Crippen LogP contribution >= 0.6 is 27.3 Å². The van der Waals surface area contributed by atoms with E-state index in [1.165, 1.54) is 16.0 Å². The van der Waals surface area contributed by atoms with Gasteiger partial charge in [-0.3, -0.25) is 9.69 Å². The first kappa shape index (κ1) is 19.6. The van der Waals surface area contributed by atoms with Crippen LogP contribution in [0.15, 0.2) is 53.0 Å². The molecule has 0 saturated heterocycles. The number of amides is 1. The van der Waals surface area contributed by atoms with E-state index in [0.717, 1.165) is 52.4 Å². The molecule has 0 spiro atoms. The minimum atomic E-state index is -0.257. The first-order valence-corrected chi connectivity index (χ1v) is 11.5. The molecule has 5 nitrogen and oxygen atoms in total. The first-order chi connectivity index (χ1) is 14.6. The van der Waals surface area contributed by atoms with Gasteiger partial charge in [0, 0.05) is 24.5 Å². The van der Waals surface area contributed by atoms with Crippen molar-refractivity contribution in [3.8, 4) is 5.75 Å². The molecule has 2 aromatic carbocycles. The summed E-state index contributed by atoms with van der Waals surface area (Å²) in [5, 5.41) is 7.63. The van der Waals surface area contributed by atoms with Crippen molar-refractivity contribution in [3.05, 3.63) is 80.1 Å². The van der Waals surface area contributed by atoms with Gasteiger partial charge in [0.15, 0.2) is 0 Å². The van der Waals surface area contributed by atoms with Crippen molar-refractivity contribution in [2.24, 2.45) is 0 Å². The van der Waals surface area contributed by atoms with E-state index in [9.17, 15) is 4.79 Å². The summed E-state index contributed by atoms with van der Waals surface area (Å²) in [7, 11) is 1.64. The van der Waals surface area contributed by atoms with Crippen LogP contribution in [-0.2, 0) is 19.5 Å². The van der Waals surface area contributed by atoms with E-state index in [1.54, 1.807) is 18.4 Å². The average Bonchev–Trinajstić information content (AvgIpc) is 3.12. The predicted octanol–water partition coefficient (Wildman–Crippen LogP) is 4.93. The third-order valence-electron chi connectivity index (χ3n) is 5.67. The SMILES string of the molecule is COc1ccc(C2NC(=O)c3c(sc4c3CCN(Cc3ccccc3)C4)N2)cc1Br. The maximum absolute atomic E-state index is 13.0. The number of nitrogens with one attached hydrogen (secondary N) is 2. The lowest BCUT2D eigenvalue weighted by molar-refractivity contribution is 0.0934. The molecule has 154 valence electrons. The summed E-state index contributed by atoms with van der Waals surface area (Å²) < 4.78 is 6.18. The first-order valence-electron chi connectivity index (χ1n) is 9.94. The van der Waals surface area contributed by atoms with Gasteiger partial charge >= 0.3 is 0 Å². The van der Waals surface area contributed by atoms with Gasteiger partial charge in [0.05, 0.1) is 17.1 Å². The molecule has 7 heteroatoms. The topological polar surface area (TPSA) is 53.6 Å².